The van der Waals surface area contributed by atoms with E-state index >= 15 is 0 Å². The molecule has 0 bridgehead atoms. The molecule has 2 N–H and O–H groups in total. The van der Waals surface area contributed by atoms with E-state index in [0.29, 0.717) is 23.3 Å². The maximum Gasteiger partial charge on any atom is 0.251 e. The van der Waals surface area contributed by atoms with Crippen LogP contribution in [0.4, 0.5) is 8.78 Å². The Bertz CT molecular complexity index is 987. The average Bonchev–Trinajstić information content (AvgIpc) is 3.25. The Balaban J connectivity index is 1.47. The minimum absolute atomic E-state index is 0.147. The van der Waals surface area contributed by atoms with Crippen LogP contribution in [0.1, 0.15) is 33.7 Å². The van der Waals surface area contributed by atoms with E-state index < -0.39 is 11.6 Å². The minimum atomic E-state index is -0.926. The molecule has 0 radical (unpaired) electrons. The Morgan fingerprint density at radius 1 is 0.862 bits per heavy atom. The monoisotopic (exact) mass is 398 g/mol. The highest BCUT2D eigenvalue weighted by Gasteiger charge is 2.09. The molecule has 0 spiro atoms. The molecule has 0 saturated carbocycles. The van der Waals surface area contributed by atoms with Crippen molar-refractivity contribution < 1.29 is 22.8 Å². The quantitative estimate of drug-likeness (QED) is 0.607. The fraction of sp³-hybridized carbons (Fsp3) is 0.182. The number of furan rings is 1. The summed E-state index contributed by atoms with van der Waals surface area (Å²) in [5, 5.41) is 5.53. The van der Waals surface area contributed by atoms with E-state index in [-0.39, 0.29) is 31.3 Å². The molecule has 7 heteroatoms. The molecule has 0 aliphatic heterocycles. The lowest BCUT2D eigenvalue weighted by atomic mass is 10.1. The van der Waals surface area contributed by atoms with E-state index in [1.54, 1.807) is 36.4 Å². The number of hydrogen-bond acceptors (Lipinski definition) is 3. The van der Waals surface area contributed by atoms with Gasteiger partial charge >= 0.3 is 0 Å². The van der Waals surface area contributed by atoms with E-state index in [9.17, 15) is 18.4 Å². The number of carbonyl (C=O) groups is 2. The fourth-order valence-corrected chi connectivity index (χ4v) is 2.75. The topological polar surface area (TPSA) is 71.3 Å². The predicted molar refractivity (Wildman–Crippen MR) is 103 cm³/mol. The van der Waals surface area contributed by atoms with Gasteiger partial charge in [-0.25, -0.2) is 8.78 Å². The smallest absolute Gasteiger partial charge is 0.251 e. The molecule has 150 valence electrons. The lowest BCUT2D eigenvalue weighted by molar-refractivity contribution is -0.121. The summed E-state index contributed by atoms with van der Waals surface area (Å²) in [6.07, 6.45) is 1.99. The molecule has 0 saturated heterocycles. The van der Waals surface area contributed by atoms with Gasteiger partial charge in [-0.1, -0.05) is 18.2 Å². The van der Waals surface area contributed by atoms with Crippen LogP contribution in [0.2, 0.25) is 0 Å². The van der Waals surface area contributed by atoms with Crippen molar-refractivity contribution in [3.63, 3.8) is 0 Å². The summed E-state index contributed by atoms with van der Waals surface area (Å²) in [5.74, 6) is -1.64. The van der Waals surface area contributed by atoms with Gasteiger partial charge in [-0.05, 0) is 53.9 Å². The molecule has 0 fully saturated rings. The van der Waals surface area contributed by atoms with Crippen LogP contribution in [-0.2, 0) is 24.3 Å². The van der Waals surface area contributed by atoms with E-state index in [0.717, 1.165) is 17.7 Å². The van der Waals surface area contributed by atoms with Gasteiger partial charge in [0.2, 0.25) is 5.91 Å². The first-order valence-corrected chi connectivity index (χ1v) is 9.11. The van der Waals surface area contributed by atoms with Crippen LogP contribution in [0, 0.1) is 11.6 Å². The van der Waals surface area contributed by atoms with Gasteiger partial charge in [0.25, 0.3) is 5.91 Å². The maximum absolute atomic E-state index is 13.2. The third-order valence-corrected chi connectivity index (χ3v) is 4.31. The normalized spacial score (nSPS) is 10.6. The van der Waals surface area contributed by atoms with Crippen molar-refractivity contribution in [3.05, 3.63) is 94.9 Å². The van der Waals surface area contributed by atoms with Crippen molar-refractivity contribution in [2.45, 2.75) is 25.9 Å². The lowest BCUT2D eigenvalue weighted by Gasteiger charge is -2.08. The summed E-state index contributed by atoms with van der Waals surface area (Å²) in [6.45, 7) is 0.548. The number of rotatable bonds is 8. The Kier molecular flexibility index (Phi) is 6.73. The summed E-state index contributed by atoms with van der Waals surface area (Å²) in [6, 6.07) is 14.0. The van der Waals surface area contributed by atoms with E-state index in [2.05, 4.69) is 10.6 Å². The summed E-state index contributed by atoms with van der Waals surface area (Å²) in [4.78, 5) is 24.3. The highest BCUT2D eigenvalue weighted by Crippen LogP contribution is 2.11. The van der Waals surface area contributed by atoms with Crippen LogP contribution >= 0.6 is 0 Å². The summed E-state index contributed by atoms with van der Waals surface area (Å²) in [5.41, 5.74) is 1.80. The zero-order valence-corrected chi connectivity index (χ0v) is 15.6. The van der Waals surface area contributed by atoms with Crippen LogP contribution < -0.4 is 10.6 Å². The largest absolute Gasteiger partial charge is 0.467 e. The van der Waals surface area contributed by atoms with Crippen molar-refractivity contribution in [1.29, 1.82) is 0 Å². The molecule has 2 aromatic carbocycles. The third kappa shape index (κ3) is 6.00. The summed E-state index contributed by atoms with van der Waals surface area (Å²) >= 11 is 0. The van der Waals surface area contributed by atoms with Crippen molar-refractivity contribution in [1.82, 2.24) is 10.6 Å². The second-order valence-electron chi connectivity index (χ2n) is 6.49. The molecule has 0 atom stereocenters. The molecule has 0 unspecified atom stereocenters. The number of halogens is 2. The van der Waals surface area contributed by atoms with Gasteiger partial charge in [-0.15, -0.1) is 0 Å². The number of nitrogens with one attached hydrogen (secondary N) is 2. The number of hydrogen-bond donors (Lipinski definition) is 2. The van der Waals surface area contributed by atoms with E-state index in [4.69, 9.17) is 4.42 Å². The van der Waals surface area contributed by atoms with Crippen molar-refractivity contribution >= 4 is 11.8 Å². The van der Waals surface area contributed by atoms with Crippen molar-refractivity contribution in [3.8, 4) is 0 Å². The molecular weight excluding hydrogens is 378 g/mol. The van der Waals surface area contributed by atoms with Gasteiger partial charge in [0.05, 0.1) is 12.8 Å². The van der Waals surface area contributed by atoms with Crippen LogP contribution in [0.5, 0.6) is 0 Å². The molecular formula is C22H20F2N2O3. The van der Waals surface area contributed by atoms with E-state index in [1.807, 2.05) is 0 Å². The van der Waals surface area contributed by atoms with Gasteiger partial charge < -0.3 is 15.1 Å². The average molecular weight is 398 g/mol. The van der Waals surface area contributed by atoms with Gasteiger partial charge in [0.15, 0.2) is 11.6 Å². The second-order valence-corrected chi connectivity index (χ2v) is 6.49. The molecule has 3 aromatic rings. The molecule has 3 rings (SSSR count). The molecule has 0 aliphatic rings. The lowest BCUT2D eigenvalue weighted by Crippen LogP contribution is -2.24. The van der Waals surface area contributed by atoms with E-state index in [1.165, 1.54) is 12.3 Å². The van der Waals surface area contributed by atoms with Crippen LogP contribution in [0.25, 0.3) is 0 Å². The Morgan fingerprint density at radius 2 is 1.72 bits per heavy atom. The van der Waals surface area contributed by atoms with Crippen LogP contribution in [0.15, 0.2) is 65.3 Å². The zero-order valence-electron chi connectivity index (χ0n) is 15.6. The Labute approximate surface area is 166 Å². The van der Waals surface area contributed by atoms with Gasteiger partial charge in [0.1, 0.15) is 5.76 Å². The standard InChI is InChI=1S/C22H20F2N2O3/c23-19-8-6-15(12-20(19)24)7-9-21(27)25-13-16-3-1-4-17(11-16)22(28)26-14-18-5-2-10-29-18/h1-6,8,10-12H,7,9,13-14H2,(H,25,27)(H,26,28). The minimum Gasteiger partial charge on any atom is -0.467 e. The molecule has 1 aromatic heterocycles. The van der Waals surface area contributed by atoms with Gasteiger partial charge in [-0.3, -0.25) is 9.59 Å². The number of benzene rings is 2. The van der Waals surface area contributed by atoms with Gasteiger partial charge in [-0.2, -0.15) is 0 Å². The van der Waals surface area contributed by atoms with Crippen LogP contribution in [0.3, 0.4) is 0 Å². The predicted octanol–water partition coefficient (Wildman–Crippen LogP) is 3.74. The summed E-state index contributed by atoms with van der Waals surface area (Å²) < 4.78 is 31.3. The number of amides is 2. The molecule has 2 amide bonds. The third-order valence-electron chi connectivity index (χ3n) is 4.31. The fourth-order valence-electron chi connectivity index (χ4n) is 2.75. The second kappa shape index (κ2) is 9.64. The first-order chi connectivity index (χ1) is 14.0. The molecule has 0 aliphatic carbocycles. The zero-order chi connectivity index (χ0) is 20.6. The van der Waals surface area contributed by atoms with Crippen molar-refractivity contribution in [2.24, 2.45) is 0 Å². The Morgan fingerprint density at radius 3 is 2.48 bits per heavy atom. The number of carbonyl (C=O) groups excluding carboxylic acids is 2. The first kappa shape index (κ1) is 20.3. The SMILES string of the molecule is O=C(CCc1ccc(F)c(F)c1)NCc1cccc(C(=O)NCc2ccco2)c1. The number of aryl methyl sites for hydroxylation is 1. The summed E-state index contributed by atoms with van der Waals surface area (Å²) in [7, 11) is 0. The van der Waals surface area contributed by atoms with Gasteiger partial charge in [0, 0.05) is 18.5 Å². The first-order valence-electron chi connectivity index (χ1n) is 9.11. The maximum atomic E-state index is 13.2. The molecule has 1 heterocycles. The molecule has 5 nitrogen and oxygen atoms in total. The Hall–Kier alpha value is -3.48. The highest BCUT2D eigenvalue weighted by atomic mass is 19.2. The highest BCUT2D eigenvalue weighted by molar-refractivity contribution is 5.94. The molecule has 29 heavy (non-hydrogen) atoms. The van der Waals surface area contributed by atoms with Crippen molar-refractivity contribution in [2.75, 3.05) is 0 Å². The van der Waals surface area contributed by atoms with Crippen LogP contribution in [-0.4, -0.2) is 11.8 Å².